The molecule has 1 amide bonds. The van der Waals surface area contributed by atoms with E-state index in [9.17, 15) is 4.79 Å². The number of hydrogen-bond donors (Lipinski definition) is 1. The van der Waals surface area contributed by atoms with Crippen LogP contribution in [0.4, 0.5) is 11.5 Å². The van der Waals surface area contributed by atoms with Crippen molar-refractivity contribution < 1.29 is 4.79 Å². The molecule has 0 saturated carbocycles. The summed E-state index contributed by atoms with van der Waals surface area (Å²) in [7, 11) is 0. The summed E-state index contributed by atoms with van der Waals surface area (Å²) >= 11 is 1.59. The van der Waals surface area contributed by atoms with Crippen LogP contribution in [0.5, 0.6) is 0 Å². The molecule has 28 heavy (non-hydrogen) atoms. The fourth-order valence-corrected chi connectivity index (χ4v) is 4.15. The lowest BCUT2D eigenvalue weighted by Gasteiger charge is -2.20. The second-order valence-corrected chi connectivity index (χ2v) is 8.09. The molecule has 3 heterocycles. The minimum absolute atomic E-state index is 0.00297. The Balaban J connectivity index is 1.38. The van der Waals surface area contributed by atoms with Gasteiger partial charge < -0.3 is 10.2 Å². The van der Waals surface area contributed by atoms with Gasteiger partial charge in [0.05, 0.1) is 12.1 Å². The highest BCUT2D eigenvalue weighted by Gasteiger charge is 2.12. The van der Waals surface area contributed by atoms with Crippen molar-refractivity contribution in [2.75, 3.05) is 23.3 Å². The summed E-state index contributed by atoms with van der Waals surface area (Å²) in [6, 6.07) is 15.8. The Morgan fingerprint density at radius 1 is 0.964 bits per heavy atom. The molecule has 2 aromatic heterocycles. The van der Waals surface area contributed by atoms with Gasteiger partial charge in [0.15, 0.2) is 5.82 Å². The summed E-state index contributed by atoms with van der Waals surface area (Å²) in [6.45, 7) is 2.13. The fraction of sp³-hybridized carbons (Fsp3) is 0.318. The molecule has 0 aliphatic carbocycles. The van der Waals surface area contributed by atoms with Crippen LogP contribution in [0.3, 0.4) is 0 Å². The van der Waals surface area contributed by atoms with E-state index in [2.05, 4.69) is 26.5 Å². The summed E-state index contributed by atoms with van der Waals surface area (Å²) in [5, 5.41) is 13.8. The lowest BCUT2D eigenvalue weighted by molar-refractivity contribution is -0.115. The number of hydrogen-bond acceptors (Lipinski definition) is 5. The maximum Gasteiger partial charge on any atom is 0.229 e. The maximum absolute atomic E-state index is 12.1. The number of rotatable bonds is 5. The van der Waals surface area contributed by atoms with Crippen molar-refractivity contribution in [3.63, 3.8) is 0 Å². The van der Waals surface area contributed by atoms with E-state index in [0.29, 0.717) is 6.42 Å². The van der Waals surface area contributed by atoms with Gasteiger partial charge in [-0.1, -0.05) is 31.0 Å². The zero-order valence-electron chi connectivity index (χ0n) is 15.8. The molecule has 6 heteroatoms. The van der Waals surface area contributed by atoms with Crippen LogP contribution in [-0.2, 0) is 11.2 Å². The Morgan fingerprint density at radius 3 is 2.39 bits per heavy atom. The molecule has 0 bridgehead atoms. The Hall–Kier alpha value is -2.73. The molecule has 5 nitrogen and oxygen atoms in total. The number of anilines is 2. The number of carbonyl (C=O) groups excluding carboxylic acids is 1. The second kappa shape index (κ2) is 8.97. The first-order valence-corrected chi connectivity index (χ1v) is 10.7. The van der Waals surface area contributed by atoms with E-state index >= 15 is 0 Å². The Morgan fingerprint density at radius 2 is 1.75 bits per heavy atom. The molecule has 0 radical (unpaired) electrons. The molecule has 1 fully saturated rings. The van der Waals surface area contributed by atoms with Crippen LogP contribution in [0.25, 0.3) is 11.3 Å². The number of thiophene rings is 1. The van der Waals surface area contributed by atoms with E-state index in [1.807, 2.05) is 47.8 Å². The molecule has 1 N–H and O–H groups in total. The van der Waals surface area contributed by atoms with Gasteiger partial charge in [-0.15, -0.1) is 21.5 Å². The number of benzene rings is 1. The molecule has 1 aromatic carbocycles. The molecule has 1 saturated heterocycles. The first kappa shape index (κ1) is 18.6. The van der Waals surface area contributed by atoms with Gasteiger partial charge in [-0.05, 0) is 48.6 Å². The predicted octanol–water partition coefficient (Wildman–Crippen LogP) is 4.77. The number of amides is 1. The Bertz CT molecular complexity index is 883. The highest BCUT2D eigenvalue weighted by Crippen LogP contribution is 2.22. The minimum atomic E-state index is -0.00297. The van der Waals surface area contributed by atoms with Gasteiger partial charge in [-0.25, -0.2) is 0 Å². The maximum atomic E-state index is 12.1. The average Bonchev–Trinajstić information content (AvgIpc) is 3.08. The molecular formula is C22H24N4OS. The number of nitrogens with one attached hydrogen (secondary N) is 1. The fourth-order valence-electron chi connectivity index (χ4n) is 3.45. The first-order valence-electron chi connectivity index (χ1n) is 9.79. The molecule has 3 aromatic rings. The predicted molar refractivity (Wildman–Crippen MR) is 115 cm³/mol. The van der Waals surface area contributed by atoms with Gasteiger partial charge in [0.1, 0.15) is 0 Å². The van der Waals surface area contributed by atoms with Crippen molar-refractivity contribution in [2.45, 2.75) is 32.1 Å². The molecule has 0 unspecified atom stereocenters. The van der Waals surface area contributed by atoms with Crippen molar-refractivity contribution in [2.24, 2.45) is 0 Å². The van der Waals surface area contributed by atoms with Crippen molar-refractivity contribution in [3.05, 3.63) is 58.8 Å². The van der Waals surface area contributed by atoms with Crippen molar-refractivity contribution in [3.8, 4) is 11.3 Å². The van der Waals surface area contributed by atoms with E-state index in [-0.39, 0.29) is 5.91 Å². The summed E-state index contributed by atoms with van der Waals surface area (Å²) in [5.41, 5.74) is 2.63. The van der Waals surface area contributed by atoms with Crippen LogP contribution in [0.1, 0.15) is 30.6 Å². The minimum Gasteiger partial charge on any atom is -0.355 e. The van der Waals surface area contributed by atoms with Crippen LogP contribution in [0.2, 0.25) is 0 Å². The molecule has 144 valence electrons. The highest BCUT2D eigenvalue weighted by atomic mass is 32.1. The van der Waals surface area contributed by atoms with Gasteiger partial charge in [0.2, 0.25) is 5.91 Å². The lowest BCUT2D eigenvalue weighted by Crippen LogP contribution is -2.25. The van der Waals surface area contributed by atoms with E-state index in [4.69, 9.17) is 0 Å². The summed E-state index contributed by atoms with van der Waals surface area (Å²) in [5.74, 6) is 0.958. The highest BCUT2D eigenvalue weighted by molar-refractivity contribution is 7.10. The van der Waals surface area contributed by atoms with Crippen LogP contribution < -0.4 is 10.2 Å². The van der Waals surface area contributed by atoms with Crippen molar-refractivity contribution >= 4 is 28.7 Å². The lowest BCUT2D eigenvalue weighted by atomic mass is 10.1. The third-order valence-corrected chi connectivity index (χ3v) is 5.84. The van der Waals surface area contributed by atoms with Crippen LogP contribution >= 0.6 is 11.3 Å². The Kier molecular flexibility index (Phi) is 5.97. The number of aromatic nitrogens is 2. The van der Waals surface area contributed by atoms with Gasteiger partial charge >= 0.3 is 0 Å². The molecule has 4 rings (SSSR count). The average molecular weight is 393 g/mol. The third-order valence-electron chi connectivity index (χ3n) is 4.96. The van der Waals surface area contributed by atoms with Crippen molar-refractivity contribution in [1.82, 2.24) is 10.2 Å². The van der Waals surface area contributed by atoms with Gasteiger partial charge in [-0.2, -0.15) is 0 Å². The summed E-state index contributed by atoms with van der Waals surface area (Å²) < 4.78 is 0. The zero-order chi connectivity index (χ0) is 19.2. The summed E-state index contributed by atoms with van der Waals surface area (Å²) in [4.78, 5) is 15.5. The van der Waals surface area contributed by atoms with E-state index in [0.717, 1.165) is 40.7 Å². The molecule has 1 aliphatic rings. The molecule has 0 atom stereocenters. The summed E-state index contributed by atoms with van der Waals surface area (Å²) in [6.07, 6.45) is 5.46. The van der Waals surface area contributed by atoms with Crippen molar-refractivity contribution in [1.29, 1.82) is 0 Å². The topological polar surface area (TPSA) is 58.1 Å². The Labute approximate surface area is 169 Å². The number of carbonyl (C=O) groups is 1. The normalized spacial score (nSPS) is 14.5. The molecular weight excluding hydrogens is 368 g/mol. The quantitative estimate of drug-likeness (QED) is 0.680. The monoisotopic (exact) mass is 392 g/mol. The van der Waals surface area contributed by atoms with Crippen LogP contribution in [0.15, 0.2) is 53.9 Å². The molecule has 1 aliphatic heterocycles. The van der Waals surface area contributed by atoms with Crippen LogP contribution in [-0.4, -0.2) is 29.2 Å². The van der Waals surface area contributed by atoms with Gasteiger partial charge in [0, 0.05) is 29.2 Å². The van der Waals surface area contributed by atoms with Gasteiger partial charge in [-0.3, -0.25) is 4.79 Å². The SMILES string of the molecule is O=C(Cc1cccs1)Nc1ccc(-c2ccc(N3CCCCCC3)nn2)cc1. The van der Waals surface area contributed by atoms with E-state index < -0.39 is 0 Å². The van der Waals surface area contributed by atoms with E-state index in [1.54, 1.807) is 11.3 Å². The smallest absolute Gasteiger partial charge is 0.229 e. The van der Waals surface area contributed by atoms with Gasteiger partial charge in [0.25, 0.3) is 0 Å². The largest absolute Gasteiger partial charge is 0.355 e. The second-order valence-electron chi connectivity index (χ2n) is 7.06. The first-order chi connectivity index (χ1) is 13.8. The zero-order valence-corrected chi connectivity index (χ0v) is 16.6. The molecule has 0 spiro atoms. The third kappa shape index (κ3) is 4.75. The number of nitrogens with zero attached hydrogens (tertiary/aromatic N) is 3. The van der Waals surface area contributed by atoms with E-state index in [1.165, 1.54) is 25.7 Å². The van der Waals surface area contributed by atoms with Crippen LogP contribution in [0, 0.1) is 0 Å². The standard InChI is InChI=1S/C22H24N4OS/c27-22(16-19-6-5-15-28-19)23-18-9-7-17(8-10-18)20-11-12-21(25-24-20)26-13-3-1-2-4-14-26/h5-12,15H,1-4,13-14,16H2,(H,23,27).